The summed E-state index contributed by atoms with van der Waals surface area (Å²) in [7, 11) is 0. The number of benzene rings is 1. The molecule has 0 N–H and O–H groups in total. The van der Waals surface area contributed by atoms with Crippen LogP contribution in [0.4, 0.5) is 4.39 Å². The Morgan fingerprint density at radius 1 is 1.25 bits per heavy atom. The van der Waals surface area contributed by atoms with E-state index in [1.165, 1.54) is 12.1 Å². The monoisotopic (exact) mass is 386 g/mol. The molecule has 1 atom stereocenters. The number of rotatable bonds is 6. The highest BCUT2D eigenvalue weighted by molar-refractivity contribution is 5.76. The van der Waals surface area contributed by atoms with Gasteiger partial charge in [0.2, 0.25) is 5.91 Å². The second-order valence-corrected chi connectivity index (χ2v) is 8.13. The van der Waals surface area contributed by atoms with Crippen molar-refractivity contribution in [3.05, 3.63) is 53.6 Å². The van der Waals surface area contributed by atoms with Crippen LogP contribution in [0.3, 0.4) is 0 Å². The van der Waals surface area contributed by atoms with E-state index >= 15 is 0 Å². The Labute approximate surface area is 167 Å². The minimum absolute atomic E-state index is 0.197. The average Bonchev–Trinajstić information content (AvgIpc) is 2.96. The Hall–Kier alpha value is -2.21. The summed E-state index contributed by atoms with van der Waals surface area (Å²) in [5.74, 6) is 0.425. The predicted molar refractivity (Wildman–Crippen MR) is 108 cm³/mol. The molecule has 28 heavy (non-hydrogen) atoms. The molecule has 0 unspecified atom stereocenters. The van der Waals surface area contributed by atoms with Crippen LogP contribution in [0.1, 0.15) is 37.8 Å². The van der Waals surface area contributed by atoms with Gasteiger partial charge >= 0.3 is 0 Å². The van der Waals surface area contributed by atoms with Crippen LogP contribution in [0.25, 0.3) is 0 Å². The number of hydrogen-bond donors (Lipinski definition) is 0. The van der Waals surface area contributed by atoms with E-state index in [0.29, 0.717) is 24.9 Å². The molecule has 6 heteroatoms. The summed E-state index contributed by atoms with van der Waals surface area (Å²) in [6, 6.07) is 7.04. The fraction of sp³-hybridized carbons (Fsp3) is 0.545. The molecule has 0 radical (unpaired) electrons. The molecule has 1 aliphatic heterocycles. The average molecular weight is 387 g/mol. The Kier molecular flexibility index (Phi) is 6.83. The highest BCUT2D eigenvalue weighted by Gasteiger charge is 2.29. The topological polar surface area (TPSA) is 41.4 Å². The smallest absolute Gasteiger partial charge is 0.224 e. The van der Waals surface area contributed by atoms with Crippen molar-refractivity contribution in [1.82, 2.24) is 19.6 Å². The molecular formula is C22H31FN4O. The van der Waals surface area contributed by atoms with Crippen molar-refractivity contribution >= 4 is 5.91 Å². The van der Waals surface area contributed by atoms with Gasteiger partial charge in [0.1, 0.15) is 5.82 Å². The van der Waals surface area contributed by atoms with Gasteiger partial charge in [0, 0.05) is 51.4 Å². The number of aromatic nitrogens is 2. The zero-order chi connectivity index (χ0) is 20.1. The van der Waals surface area contributed by atoms with Gasteiger partial charge in [0.05, 0.1) is 6.20 Å². The maximum atomic E-state index is 13.2. The lowest BCUT2D eigenvalue weighted by Crippen LogP contribution is -2.45. The standard InChI is InChI=1S/C22H31FN4O/c1-17(2)21-16-26(22(28)9-12-27-14-18(3)13-24-27)11-4-10-25(21)15-19-5-7-20(23)8-6-19/h5-8,13-14,17,21H,4,9-12,15-16H2,1-3H3/t21-/m1/s1. The summed E-state index contributed by atoms with van der Waals surface area (Å²) in [6.07, 6.45) is 5.22. The number of nitrogens with zero attached hydrogens (tertiary/aromatic N) is 4. The minimum Gasteiger partial charge on any atom is -0.341 e. The van der Waals surface area contributed by atoms with Gasteiger partial charge in [-0.1, -0.05) is 26.0 Å². The van der Waals surface area contributed by atoms with Crippen molar-refractivity contribution in [3.8, 4) is 0 Å². The molecule has 0 saturated carbocycles. The first kappa shape index (κ1) is 20.5. The van der Waals surface area contributed by atoms with Crippen LogP contribution < -0.4 is 0 Å². The van der Waals surface area contributed by atoms with Gasteiger partial charge in [-0.15, -0.1) is 0 Å². The quantitative estimate of drug-likeness (QED) is 0.763. The summed E-state index contributed by atoms with van der Waals surface area (Å²) in [5.41, 5.74) is 2.22. The third-order valence-electron chi connectivity index (χ3n) is 5.49. The maximum absolute atomic E-state index is 13.2. The van der Waals surface area contributed by atoms with E-state index in [-0.39, 0.29) is 11.7 Å². The van der Waals surface area contributed by atoms with Gasteiger partial charge in [-0.3, -0.25) is 14.4 Å². The zero-order valence-corrected chi connectivity index (χ0v) is 17.1. The molecule has 0 bridgehead atoms. The number of halogens is 1. The van der Waals surface area contributed by atoms with Crippen molar-refractivity contribution in [3.63, 3.8) is 0 Å². The summed E-state index contributed by atoms with van der Waals surface area (Å²) in [5, 5.41) is 4.27. The maximum Gasteiger partial charge on any atom is 0.224 e. The van der Waals surface area contributed by atoms with E-state index in [0.717, 1.165) is 43.7 Å². The Balaban J connectivity index is 1.62. The molecule has 0 aliphatic carbocycles. The van der Waals surface area contributed by atoms with Crippen molar-refractivity contribution < 1.29 is 9.18 Å². The zero-order valence-electron chi connectivity index (χ0n) is 17.1. The summed E-state index contributed by atoms with van der Waals surface area (Å²) < 4.78 is 15.0. The fourth-order valence-electron chi connectivity index (χ4n) is 3.90. The molecule has 5 nitrogen and oxygen atoms in total. The molecule has 3 rings (SSSR count). The molecule has 1 aromatic heterocycles. The molecule has 2 aromatic rings. The predicted octanol–water partition coefficient (Wildman–Crippen LogP) is 3.48. The van der Waals surface area contributed by atoms with Gasteiger partial charge in [0.25, 0.3) is 0 Å². The highest BCUT2D eigenvalue weighted by atomic mass is 19.1. The summed E-state index contributed by atoms with van der Waals surface area (Å²) >= 11 is 0. The molecule has 1 saturated heterocycles. The Morgan fingerprint density at radius 3 is 2.64 bits per heavy atom. The van der Waals surface area contributed by atoms with Gasteiger partial charge in [-0.25, -0.2) is 4.39 Å². The summed E-state index contributed by atoms with van der Waals surface area (Å²) in [6.45, 7) is 10.3. The van der Waals surface area contributed by atoms with Crippen molar-refractivity contribution in [2.45, 2.75) is 52.7 Å². The van der Waals surface area contributed by atoms with Crippen LogP contribution in [0.15, 0.2) is 36.7 Å². The Bertz CT molecular complexity index is 771. The number of hydrogen-bond acceptors (Lipinski definition) is 3. The number of aryl methyl sites for hydroxylation is 2. The molecule has 152 valence electrons. The van der Waals surface area contributed by atoms with Gasteiger partial charge in [-0.2, -0.15) is 5.10 Å². The van der Waals surface area contributed by atoms with Gasteiger partial charge < -0.3 is 4.90 Å². The normalized spacial score (nSPS) is 18.5. The van der Waals surface area contributed by atoms with Crippen LogP contribution in [0.2, 0.25) is 0 Å². The fourth-order valence-corrected chi connectivity index (χ4v) is 3.90. The lowest BCUT2D eigenvalue weighted by molar-refractivity contribution is -0.132. The van der Waals surface area contributed by atoms with E-state index in [1.807, 2.05) is 41.0 Å². The molecule has 1 amide bonds. The third-order valence-corrected chi connectivity index (χ3v) is 5.49. The van der Waals surface area contributed by atoms with Crippen molar-refractivity contribution in [2.75, 3.05) is 19.6 Å². The van der Waals surface area contributed by atoms with Crippen molar-refractivity contribution in [2.24, 2.45) is 5.92 Å². The van der Waals surface area contributed by atoms with Crippen LogP contribution >= 0.6 is 0 Å². The van der Waals surface area contributed by atoms with E-state index in [1.54, 1.807) is 0 Å². The van der Waals surface area contributed by atoms with E-state index in [4.69, 9.17) is 0 Å². The lowest BCUT2D eigenvalue weighted by atomic mass is 10.0. The third kappa shape index (κ3) is 5.41. The first-order chi connectivity index (χ1) is 13.4. The molecular weight excluding hydrogens is 355 g/mol. The molecule has 2 heterocycles. The van der Waals surface area contributed by atoms with Crippen LogP contribution in [0, 0.1) is 18.7 Å². The molecule has 1 aliphatic rings. The largest absolute Gasteiger partial charge is 0.341 e. The van der Waals surface area contributed by atoms with Crippen LogP contribution in [0.5, 0.6) is 0 Å². The van der Waals surface area contributed by atoms with Crippen molar-refractivity contribution in [1.29, 1.82) is 0 Å². The minimum atomic E-state index is -0.204. The van der Waals surface area contributed by atoms with Crippen LogP contribution in [-0.4, -0.2) is 51.2 Å². The SMILES string of the molecule is Cc1cnn(CCC(=O)N2CCCN(Cc3ccc(F)cc3)[C@@H](C(C)C)C2)c1. The molecule has 1 fully saturated rings. The second kappa shape index (κ2) is 9.32. The highest BCUT2D eigenvalue weighted by Crippen LogP contribution is 2.20. The van der Waals surface area contributed by atoms with Gasteiger partial charge in [-0.05, 0) is 42.5 Å². The van der Waals surface area contributed by atoms with Crippen LogP contribution in [-0.2, 0) is 17.9 Å². The first-order valence-electron chi connectivity index (χ1n) is 10.2. The second-order valence-electron chi connectivity index (χ2n) is 8.13. The molecule has 1 aromatic carbocycles. The van der Waals surface area contributed by atoms with Gasteiger partial charge in [0.15, 0.2) is 0 Å². The lowest BCUT2D eigenvalue weighted by Gasteiger charge is -2.34. The number of carbonyl (C=O) groups excluding carboxylic acids is 1. The summed E-state index contributed by atoms with van der Waals surface area (Å²) in [4.78, 5) is 17.3. The first-order valence-corrected chi connectivity index (χ1v) is 10.2. The van der Waals surface area contributed by atoms with E-state index in [9.17, 15) is 9.18 Å². The Morgan fingerprint density at radius 2 is 2.00 bits per heavy atom. The molecule has 0 spiro atoms. The van der Waals surface area contributed by atoms with E-state index < -0.39 is 0 Å². The number of amides is 1. The number of carbonyl (C=O) groups is 1. The van der Waals surface area contributed by atoms with E-state index in [2.05, 4.69) is 23.8 Å².